The first kappa shape index (κ1) is 14.6. The van der Waals surface area contributed by atoms with Gasteiger partial charge in [0, 0.05) is 20.3 Å². The molecule has 0 aliphatic carbocycles. The summed E-state index contributed by atoms with van der Waals surface area (Å²) < 4.78 is 20.1. The topological polar surface area (TPSA) is 69.0 Å². The van der Waals surface area contributed by atoms with Crippen molar-refractivity contribution < 1.29 is 13.9 Å². The van der Waals surface area contributed by atoms with Gasteiger partial charge in [-0.15, -0.1) is 5.10 Å². The summed E-state index contributed by atoms with van der Waals surface area (Å²) in [4.78, 5) is 12.4. The molecule has 6 nitrogen and oxygen atoms in total. The van der Waals surface area contributed by atoms with E-state index in [4.69, 9.17) is 4.74 Å². The van der Waals surface area contributed by atoms with Crippen molar-refractivity contribution in [2.24, 2.45) is 7.05 Å². The fourth-order valence-corrected chi connectivity index (χ4v) is 2.71. The van der Waals surface area contributed by atoms with Crippen molar-refractivity contribution in [3.63, 3.8) is 0 Å². The quantitative estimate of drug-likeness (QED) is 0.930. The first-order valence-electron chi connectivity index (χ1n) is 7.12. The van der Waals surface area contributed by atoms with Crippen LogP contribution in [0.5, 0.6) is 0 Å². The summed E-state index contributed by atoms with van der Waals surface area (Å²) in [5.74, 6) is -0.592. The highest BCUT2D eigenvalue weighted by Gasteiger charge is 2.36. The third-order valence-electron chi connectivity index (χ3n) is 3.93. The van der Waals surface area contributed by atoms with Crippen LogP contribution in [0.25, 0.3) is 0 Å². The molecule has 0 radical (unpaired) electrons. The monoisotopic (exact) mass is 304 g/mol. The van der Waals surface area contributed by atoms with Crippen LogP contribution in [-0.2, 0) is 17.3 Å². The lowest BCUT2D eigenvalue weighted by Gasteiger charge is -2.38. The molecule has 0 saturated carbocycles. The summed E-state index contributed by atoms with van der Waals surface area (Å²) in [6.07, 6.45) is 2.82. The molecule has 3 rings (SSSR count). The maximum absolute atomic E-state index is 13.2. The van der Waals surface area contributed by atoms with Crippen molar-refractivity contribution in [3.8, 4) is 0 Å². The Morgan fingerprint density at radius 3 is 2.59 bits per heavy atom. The summed E-state index contributed by atoms with van der Waals surface area (Å²) in [7, 11) is 1.70. The summed E-state index contributed by atoms with van der Waals surface area (Å²) >= 11 is 0. The molecule has 1 aliphatic heterocycles. The average Bonchev–Trinajstić information content (AvgIpc) is 2.95. The van der Waals surface area contributed by atoms with Crippen molar-refractivity contribution in [1.29, 1.82) is 0 Å². The van der Waals surface area contributed by atoms with Gasteiger partial charge in [-0.1, -0.05) is 17.3 Å². The molecule has 1 fully saturated rings. The lowest BCUT2D eigenvalue weighted by Crippen LogP contribution is -2.49. The lowest BCUT2D eigenvalue weighted by atomic mass is 9.82. The van der Waals surface area contributed by atoms with Gasteiger partial charge < -0.3 is 10.1 Å². The Labute approximate surface area is 127 Å². The molecule has 0 spiro atoms. The van der Waals surface area contributed by atoms with Gasteiger partial charge in [0.2, 0.25) is 0 Å². The molecule has 1 amide bonds. The van der Waals surface area contributed by atoms with Gasteiger partial charge >= 0.3 is 0 Å². The largest absolute Gasteiger partial charge is 0.381 e. The number of carbonyl (C=O) groups excluding carboxylic acids is 1. The predicted molar refractivity (Wildman–Crippen MR) is 76.6 cm³/mol. The number of benzene rings is 1. The summed E-state index contributed by atoms with van der Waals surface area (Å²) in [6, 6.07) is 6.22. The number of aryl methyl sites for hydroxylation is 1. The van der Waals surface area contributed by atoms with Gasteiger partial charge in [-0.25, -0.2) is 4.39 Å². The predicted octanol–water partition coefficient (Wildman–Crippen LogP) is 1.39. The molecule has 2 heterocycles. The fourth-order valence-electron chi connectivity index (χ4n) is 2.71. The molecular formula is C15H17FN4O2. The smallest absolute Gasteiger partial charge is 0.274 e. The van der Waals surface area contributed by atoms with Crippen molar-refractivity contribution >= 4 is 5.91 Å². The number of nitrogens with zero attached hydrogens (tertiary/aromatic N) is 3. The molecule has 1 aromatic heterocycles. The van der Waals surface area contributed by atoms with Crippen molar-refractivity contribution in [1.82, 2.24) is 20.3 Å². The first-order chi connectivity index (χ1) is 10.6. The maximum Gasteiger partial charge on any atom is 0.274 e. The second-order valence-corrected chi connectivity index (χ2v) is 5.43. The van der Waals surface area contributed by atoms with E-state index in [1.807, 2.05) is 0 Å². The maximum atomic E-state index is 13.2. The number of aromatic nitrogens is 3. The van der Waals surface area contributed by atoms with Crippen LogP contribution in [0.2, 0.25) is 0 Å². The molecule has 116 valence electrons. The summed E-state index contributed by atoms with van der Waals surface area (Å²) in [6.45, 7) is 1.08. The van der Waals surface area contributed by atoms with Crippen LogP contribution in [0.15, 0.2) is 30.5 Å². The summed E-state index contributed by atoms with van der Waals surface area (Å²) in [5.41, 5.74) is 0.561. The minimum Gasteiger partial charge on any atom is -0.381 e. The highest BCUT2D eigenvalue weighted by molar-refractivity contribution is 5.92. The van der Waals surface area contributed by atoms with E-state index in [2.05, 4.69) is 15.6 Å². The molecule has 0 unspecified atom stereocenters. The molecular weight excluding hydrogens is 287 g/mol. The van der Waals surface area contributed by atoms with E-state index in [1.54, 1.807) is 25.4 Å². The molecule has 2 aromatic rings. The van der Waals surface area contributed by atoms with Gasteiger partial charge in [0.05, 0.1) is 11.7 Å². The van der Waals surface area contributed by atoms with Crippen LogP contribution in [0.4, 0.5) is 4.39 Å². The molecule has 0 atom stereocenters. The third kappa shape index (κ3) is 2.85. The van der Waals surface area contributed by atoms with E-state index < -0.39 is 5.54 Å². The Hall–Kier alpha value is -2.28. The first-order valence-corrected chi connectivity index (χ1v) is 7.12. The average molecular weight is 304 g/mol. The molecule has 1 saturated heterocycles. The zero-order valence-corrected chi connectivity index (χ0v) is 12.3. The molecule has 1 N–H and O–H groups in total. The van der Waals surface area contributed by atoms with E-state index in [0.29, 0.717) is 26.1 Å². The van der Waals surface area contributed by atoms with E-state index >= 15 is 0 Å². The highest BCUT2D eigenvalue weighted by atomic mass is 19.1. The number of carbonyl (C=O) groups is 1. The van der Waals surface area contributed by atoms with E-state index in [9.17, 15) is 9.18 Å². The fraction of sp³-hybridized carbons (Fsp3) is 0.400. The van der Waals surface area contributed by atoms with Gasteiger partial charge in [0.15, 0.2) is 5.69 Å². The highest BCUT2D eigenvalue weighted by Crippen LogP contribution is 2.32. The van der Waals surface area contributed by atoms with Gasteiger partial charge in [-0.2, -0.15) is 0 Å². The van der Waals surface area contributed by atoms with Crippen LogP contribution < -0.4 is 5.32 Å². The molecule has 7 heteroatoms. The Balaban J connectivity index is 1.89. The Morgan fingerprint density at radius 1 is 1.32 bits per heavy atom. The zero-order chi connectivity index (χ0) is 15.6. The number of halogens is 1. The minimum atomic E-state index is -0.569. The summed E-state index contributed by atoms with van der Waals surface area (Å²) in [5, 5.41) is 10.6. The van der Waals surface area contributed by atoms with E-state index in [0.717, 1.165) is 5.56 Å². The standard InChI is InChI=1S/C15H17FN4O2/c1-20-10-13(18-19-20)14(21)17-15(6-8-22-9-7-15)11-2-4-12(16)5-3-11/h2-5,10H,6-9H2,1H3,(H,17,21). The van der Waals surface area contributed by atoms with Crippen molar-refractivity contribution in [3.05, 3.63) is 47.5 Å². The Morgan fingerprint density at radius 2 is 2.00 bits per heavy atom. The number of hydrogen-bond donors (Lipinski definition) is 1. The van der Waals surface area contributed by atoms with Crippen LogP contribution in [0, 0.1) is 5.82 Å². The van der Waals surface area contributed by atoms with Gasteiger partial charge in [0.1, 0.15) is 5.82 Å². The van der Waals surface area contributed by atoms with Crippen LogP contribution in [0.1, 0.15) is 28.9 Å². The second-order valence-electron chi connectivity index (χ2n) is 5.43. The van der Waals surface area contributed by atoms with Gasteiger partial charge in [-0.05, 0) is 30.5 Å². The van der Waals surface area contributed by atoms with Crippen LogP contribution in [-0.4, -0.2) is 34.1 Å². The van der Waals surface area contributed by atoms with Crippen molar-refractivity contribution in [2.45, 2.75) is 18.4 Å². The Kier molecular flexibility index (Phi) is 3.89. The second kappa shape index (κ2) is 5.84. The van der Waals surface area contributed by atoms with E-state index in [1.165, 1.54) is 16.8 Å². The number of hydrogen-bond acceptors (Lipinski definition) is 4. The van der Waals surface area contributed by atoms with Crippen LogP contribution in [0.3, 0.4) is 0 Å². The number of ether oxygens (including phenoxy) is 1. The number of rotatable bonds is 3. The zero-order valence-electron chi connectivity index (χ0n) is 12.3. The molecule has 0 bridgehead atoms. The number of amides is 1. The minimum absolute atomic E-state index is 0.260. The third-order valence-corrected chi connectivity index (χ3v) is 3.93. The molecule has 1 aromatic carbocycles. The Bertz CT molecular complexity index is 662. The molecule has 1 aliphatic rings. The van der Waals surface area contributed by atoms with Gasteiger partial charge in [-0.3, -0.25) is 9.48 Å². The molecule has 22 heavy (non-hydrogen) atoms. The van der Waals surface area contributed by atoms with Crippen LogP contribution >= 0.6 is 0 Å². The van der Waals surface area contributed by atoms with Crippen molar-refractivity contribution in [2.75, 3.05) is 13.2 Å². The van der Waals surface area contributed by atoms with Gasteiger partial charge in [0.25, 0.3) is 5.91 Å². The van der Waals surface area contributed by atoms with E-state index in [-0.39, 0.29) is 17.4 Å². The normalized spacial score (nSPS) is 17.2. The lowest BCUT2D eigenvalue weighted by molar-refractivity contribution is 0.0344. The SMILES string of the molecule is Cn1cc(C(=O)NC2(c3ccc(F)cc3)CCOCC2)nn1. The number of nitrogens with one attached hydrogen (secondary N) is 1.